The van der Waals surface area contributed by atoms with Gasteiger partial charge in [0, 0.05) is 29.1 Å². The Labute approximate surface area is 211 Å². The lowest BCUT2D eigenvalue weighted by Gasteiger charge is -2.20. The average molecular weight is 499 g/mol. The molecule has 0 atom stereocenters. The summed E-state index contributed by atoms with van der Waals surface area (Å²) in [5.74, 6) is -0.549. The van der Waals surface area contributed by atoms with E-state index in [0.717, 1.165) is 33.6 Å². The predicted molar refractivity (Wildman–Crippen MR) is 142 cm³/mol. The first-order valence-electron chi connectivity index (χ1n) is 11.2. The summed E-state index contributed by atoms with van der Waals surface area (Å²) in [7, 11) is 0. The minimum Gasteiger partial charge on any atom is -0.317 e. The van der Waals surface area contributed by atoms with Gasteiger partial charge in [0.15, 0.2) is 5.84 Å². The zero-order valence-corrected chi connectivity index (χ0v) is 20.9. The second-order valence-electron chi connectivity index (χ2n) is 8.68. The van der Waals surface area contributed by atoms with Crippen LogP contribution >= 0.6 is 11.8 Å². The Kier molecular flexibility index (Phi) is 5.68. The first-order chi connectivity index (χ1) is 17.1. The fourth-order valence-corrected chi connectivity index (χ4v) is 5.19. The number of amidine groups is 2. The van der Waals surface area contributed by atoms with E-state index in [4.69, 9.17) is 5.41 Å². The average Bonchev–Trinajstić information content (AvgIpc) is 3.37. The fourth-order valence-electron chi connectivity index (χ4n) is 4.30. The number of fused-ring (bicyclic) bond motifs is 1. The van der Waals surface area contributed by atoms with E-state index in [1.807, 2.05) is 62.6 Å². The van der Waals surface area contributed by atoms with E-state index in [0.29, 0.717) is 15.9 Å². The third kappa shape index (κ3) is 3.95. The molecule has 9 nitrogen and oxygen atoms in total. The number of hydrogen-bond acceptors (Lipinski definition) is 6. The van der Waals surface area contributed by atoms with Crippen LogP contribution in [0.25, 0.3) is 11.8 Å². The summed E-state index contributed by atoms with van der Waals surface area (Å²) >= 11 is 1.26. The Morgan fingerprint density at radius 2 is 1.86 bits per heavy atom. The maximum atomic E-state index is 12.9. The highest BCUT2D eigenvalue weighted by atomic mass is 32.2. The molecule has 2 aromatic carbocycles. The lowest BCUT2D eigenvalue weighted by atomic mass is 10.1. The molecule has 2 aliphatic heterocycles. The second kappa shape index (κ2) is 8.72. The molecule has 1 amide bonds. The van der Waals surface area contributed by atoms with Crippen LogP contribution in [-0.4, -0.2) is 36.5 Å². The van der Waals surface area contributed by atoms with Gasteiger partial charge >= 0.3 is 0 Å². The summed E-state index contributed by atoms with van der Waals surface area (Å²) in [6.45, 7) is 7.66. The molecule has 0 aliphatic carbocycles. The van der Waals surface area contributed by atoms with E-state index >= 15 is 0 Å². The molecule has 0 radical (unpaired) electrons. The van der Waals surface area contributed by atoms with Gasteiger partial charge in [-0.2, -0.15) is 15.1 Å². The van der Waals surface area contributed by atoms with E-state index in [1.54, 1.807) is 18.2 Å². The first-order valence-corrected chi connectivity index (χ1v) is 12.0. The number of aryl methyl sites for hydroxylation is 3. The fraction of sp³-hybridized carbons (Fsp3) is 0.154. The highest BCUT2D eigenvalue weighted by molar-refractivity contribution is 8.27. The largest absolute Gasteiger partial charge is 0.317 e. The van der Waals surface area contributed by atoms with Gasteiger partial charge in [-0.15, -0.1) is 0 Å². The summed E-state index contributed by atoms with van der Waals surface area (Å²) in [6, 6.07) is 14.5. The molecule has 10 heteroatoms. The second-order valence-corrected chi connectivity index (χ2v) is 9.64. The van der Waals surface area contributed by atoms with Crippen LogP contribution in [0.3, 0.4) is 0 Å². The molecular weight excluding hydrogens is 476 g/mol. The Morgan fingerprint density at radius 1 is 1.08 bits per heavy atom. The number of thioether (sulfide) groups is 1. The van der Waals surface area contributed by atoms with Crippen molar-refractivity contribution in [2.24, 2.45) is 10.1 Å². The molecule has 180 valence electrons. The Morgan fingerprint density at radius 3 is 2.58 bits per heavy atom. The normalized spacial score (nSPS) is 16.3. The molecule has 3 heterocycles. The number of rotatable bonds is 4. The van der Waals surface area contributed by atoms with Crippen LogP contribution in [0.2, 0.25) is 0 Å². The summed E-state index contributed by atoms with van der Waals surface area (Å²) in [5.41, 5.74) is 6.05. The number of carbonyl (C=O) groups is 1. The summed E-state index contributed by atoms with van der Waals surface area (Å²) in [4.78, 5) is 28.0. The van der Waals surface area contributed by atoms with Gasteiger partial charge in [0.25, 0.3) is 11.6 Å². The van der Waals surface area contributed by atoms with Crippen LogP contribution in [0.1, 0.15) is 33.6 Å². The third-order valence-electron chi connectivity index (χ3n) is 6.13. The maximum absolute atomic E-state index is 12.9. The van der Waals surface area contributed by atoms with Gasteiger partial charge in [-0.05, 0) is 68.8 Å². The Balaban J connectivity index is 1.53. The van der Waals surface area contributed by atoms with Gasteiger partial charge in [-0.25, -0.2) is 0 Å². The van der Waals surface area contributed by atoms with Crippen molar-refractivity contribution in [1.29, 1.82) is 5.41 Å². The van der Waals surface area contributed by atoms with Crippen molar-refractivity contribution in [2.45, 2.75) is 27.7 Å². The zero-order chi connectivity index (χ0) is 25.7. The van der Waals surface area contributed by atoms with Gasteiger partial charge < -0.3 is 4.57 Å². The van der Waals surface area contributed by atoms with Crippen molar-refractivity contribution in [3.05, 3.63) is 97.9 Å². The molecule has 0 saturated heterocycles. The van der Waals surface area contributed by atoms with Crippen molar-refractivity contribution >= 4 is 45.5 Å². The molecule has 0 unspecified atom stereocenters. The number of benzene rings is 2. The van der Waals surface area contributed by atoms with E-state index < -0.39 is 10.8 Å². The number of hydrazone groups is 1. The highest BCUT2D eigenvalue weighted by Crippen LogP contribution is 2.32. The van der Waals surface area contributed by atoms with Gasteiger partial charge in [0.2, 0.25) is 5.17 Å². The van der Waals surface area contributed by atoms with Crippen molar-refractivity contribution in [1.82, 2.24) is 9.58 Å². The number of aromatic nitrogens is 1. The smallest absolute Gasteiger partial charge is 0.283 e. The third-order valence-corrected chi connectivity index (χ3v) is 7.09. The van der Waals surface area contributed by atoms with E-state index in [1.165, 1.54) is 22.8 Å². The number of non-ortho nitro benzene ring substituents is 1. The molecule has 0 saturated carbocycles. The van der Waals surface area contributed by atoms with E-state index in [9.17, 15) is 14.9 Å². The maximum Gasteiger partial charge on any atom is 0.283 e. The van der Waals surface area contributed by atoms with Crippen molar-refractivity contribution in [3.8, 4) is 5.69 Å². The SMILES string of the molecule is Cc1cccc(C2=NN3C(=N)/C(=C/c4cc(C)n(-c5cc([N+](=O)[O-])ccc5C)c4C)C(=O)N=C3S2)c1. The monoisotopic (exact) mass is 498 g/mol. The van der Waals surface area contributed by atoms with E-state index in [-0.39, 0.29) is 17.1 Å². The number of carbonyl (C=O) groups excluding carboxylic acids is 1. The Hall–Kier alpha value is -4.31. The van der Waals surface area contributed by atoms with Crippen LogP contribution in [0.4, 0.5) is 5.69 Å². The number of nitrogens with zero attached hydrogens (tertiary/aromatic N) is 5. The van der Waals surface area contributed by atoms with Gasteiger partial charge in [-0.3, -0.25) is 20.3 Å². The quantitative estimate of drug-likeness (QED) is 0.298. The highest BCUT2D eigenvalue weighted by Gasteiger charge is 2.36. The number of nitrogens with one attached hydrogen (secondary N) is 1. The molecule has 0 fully saturated rings. The van der Waals surface area contributed by atoms with Crippen LogP contribution in [0.15, 0.2) is 64.2 Å². The van der Waals surface area contributed by atoms with Crippen molar-refractivity contribution < 1.29 is 9.72 Å². The molecule has 0 spiro atoms. The van der Waals surface area contributed by atoms with Crippen LogP contribution < -0.4 is 0 Å². The number of amides is 1. The molecule has 1 aromatic heterocycles. The van der Waals surface area contributed by atoms with E-state index in [2.05, 4.69) is 10.1 Å². The number of nitro groups is 1. The lowest BCUT2D eigenvalue weighted by Crippen LogP contribution is -2.35. The van der Waals surface area contributed by atoms with Crippen LogP contribution in [0, 0.1) is 43.2 Å². The molecule has 36 heavy (non-hydrogen) atoms. The number of nitro benzene ring substituents is 1. The summed E-state index contributed by atoms with van der Waals surface area (Å²) in [6.07, 6.45) is 1.64. The molecule has 2 aliphatic rings. The Bertz CT molecular complexity index is 1580. The van der Waals surface area contributed by atoms with Gasteiger partial charge in [0.05, 0.1) is 16.2 Å². The topological polar surface area (TPSA) is 117 Å². The zero-order valence-electron chi connectivity index (χ0n) is 20.1. The molecule has 3 aromatic rings. The van der Waals surface area contributed by atoms with Crippen LogP contribution in [0.5, 0.6) is 0 Å². The lowest BCUT2D eigenvalue weighted by molar-refractivity contribution is -0.384. The number of aliphatic imine (C=N–C) groups is 1. The van der Waals surface area contributed by atoms with Gasteiger partial charge in [0.1, 0.15) is 5.04 Å². The predicted octanol–water partition coefficient (Wildman–Crippen LogP) is 5.29. The van der Waals surface area contributed by atoms with Gasteiger partial charge in [-0.1, -0.05) is 29.8 Å². The molecule has 1 N–H and O–H groups in total. The van der Waals surface area contributed by atoms with Crippen molar-refractivity contribution in [3.63, 3.8) is 0 Å². The van der Waals surface area contributed by atoms with Crippen molar-refractivity contribution in [2.75, 3.05) is 0 Å². The standard InChI is InChI=1S/C26H22N6O3S/c1-14-6-5-7-18(10-14)25-29-31-23(27)21(24(33)28-26(31)36-25)12-19-11-16(3)30(17(19)4)22-13-20(32(34)35)9-8-15(22)2/h5-13,27H,1-4H3/b21-12-,27-23?. The van der Waals surface area contributed by atoms with Crippen LogP contribution in [-0.2, 0) is 4.79 Å². The minimum atomic E-state index is -0.504. The molecule has 5 rings (SSSR count). The summed E-state index contributed by atoms with van der Waals surface area (Å²) < 4.78 is 1.92. The minimum absolute atomic E-state index is 0.00270. The molecule has 0 bridgehead atoms. The molecular formula is C26H22N6O3S. The first kappa shape index (κ1) is 23.4. The number of hydrogen-bond donors (Lipinski definition) is 1. The summed E-state index contributed by atoms with van der Waals surface area (Å²) in [5, 5.41) is 27.0.